The summed E-state index contributed by atoms with van der Waals surface area (Å²) in [5.74, 6) is 1.48. The van der Waals surface area contributed by atoms with Gasteiger partial charge in [0.15, 0.2) is 5.82 Å². The Bertz CT molecular complexity index is 1170. The van der Waals surface area contributed by atoms with E-state index in [0.717, 1.165) is 48.8 Å². The summed E-state index contributed by atoms with van der Waals surface area (Å²) in [5, 5.41) is 11.9. The average molecular weight is 480 g/mol. The lowest BCUT2D eigenvalue weighted by Gasteiger charge is -2.34. The molecule has 178 valence electrons. The number of piperazine rings is 1. The topological polar surface area (TPSA) is 87.7 Å². The second-order valence-electron chi connectivity index (χ2n) is 8.57. The van der Waals surface area contributed by atoms with Crippen LogP contribution in [0.1, 0.15) is 12.8 Å². The summed E-state index contributed by atoms with van der Waals surface area (Å²) in [6, 6.07) is 20.9. The van der Waals surface area contributed by atoms with Gasteiger partial charge in [-0.2, -0.15) is 4.31 Å². The SMILES string of the molecule is O=S(=O)(c1ccc(-c2ccccc2)cc1)N1CCN(c2ccc(NC[C@@H]3CCCO3)nn2)CC1. The van der Waals surface area contributed by atoms with Gasteiger partial charge in [-0.3, -0.25) is 0 Å². The molecule has 0 amide bonds. The van der Waals surface area contributed by atoms with Gasteiger partial charge in [-0.15, -0.1) is 10.2 Å². The summed E-state index contributed by atoms with van der Waals surface area (Å²) in [6.45, 7) is 3.51. The van der Waals surface area contributed by atoms with E-state index in [1.165, 1.54) is 0 Å². The lowest BCUT2D eigenvalue weighted by Crippen LogP contribution is -2.49. The Balaban J connectivity index is 1.17. The molecule has 3 heterocycles. The molecule has 9 heteroatoms. The Morgan fingerprint density at radius 2 is 1.62 bits per heavy atom. The third kappa shape index (κ3) is 5.06. The minimum absolute atomic E-state index is 0.242. The highest BCUT2D eigenvalue weighted by Gasteiger charge is 2.29. The van der Waals surface area contributed by atoms with Gasteiger partial charge in [0, 0.05) is 39.3 Å². The molecule has 2 aliphatic heterocycles. The largest absolute Gasteiger partial charge is 0.376 e. The summed E-state index contributed by atoms with van der Waals surface area (Å²) >= 11 is 0. The van der Waals surface area contributed by atoms with Crippen LogP contribution in [0.3, 0.4) is 0 Å². The quantitative estimate of drug-likeness (QED) is 0.557. The van der Waals surface area contributed by atoms with Gasteiger partial charge in [-0.25, -0.2) is 8.42 Å². The van der Waals surface area contributed by atoms with Crippen LogP contribution in [0, 0.1) is 0 Å². The van der Waals surface area contributed by atoms with Gasteiger partial charge in [0.2, 0.25) is 10.0 Å². The minimum atomic E-state index is -3.54. The van der Waals surface area contributed by atoms with E-state index in [4.69, 9.17) is 4.74 Å². The molecule has 0 saturated carbocycles. The Hall–Kier alpha value is -3.01. The van der Waals surface area contributed by atoms with Crippen molar-refractivity contribution in [3.63, 3.8) is 0 Å². The fraction of sp³-hybridized carbons (Fsp3) is 0.360. The molecule has 2 aromatic carbocycles. The zero-order valence-corrected chi connectivity index (χ0v) is 19.8. The highest BCUT2D eigenvalue weighted by molar-refractivity contribution is 7.89. The van der Waals surface area contributed by atoms with Crippen LogP contribution in [-0.2, 0) is 14.8 Å². The van der Waals surface area contributed by atoms with Gasteiger partial charge in [0.1, 0.15) is 5.82 Å². The predicted molar refractivity (Wildman–Crippen MR) is 132 cm³/mol. The van der Waals surface area contributed by atoms with E-state index < -0.39 is 10.0 Å². The smallest absolute Gasteiger partial charge is 0.243 e. The lowest BCUT2D eigenvalue weighted by molar-refractivity contribution is 0.120. The summed E-state index contributed by atoms with van der Waals surface area (Å²) in [5.41, 5.74) is 2.06. The second kappa shape index (κ2) is 10.1. The van der Waals surface area contributed by atoms with Crippen LogP contribution in [-0.4, -0.2) is 68.4 Å². The van der Waals surface area contributed by atoms with E-state index in [1.54, 1.807) is 16.4 Å². The predicted octanol–water partition coefficient (Wildman–Crippen LogP) is 3.25. The molecule has 3 aromatic rings. The molecule has 1 N–H and O–H groups in total. The van der Waals surface area contributed by atoms with Crippen molar-refractivity contribution >= 4 is 21.7 Å². The number of aromatic nitrogens is 2. The molecule has 8 nitrogen and oxygen atoms in total. The standard InChI is InChI=1S/C25H29N5O3S/c31-34(32,23-10-8-21(9-11-23)20-5-2-1-3-6-20)30-16-14-29(15-17-30)25-13-12-24(27-28-25)26-19-22-7-4-18-33-22/h1-3,5-6,8-13,22H,4,7,14-19H2,(H,26,27)/t22-/m0/s1. The van der Waals surface area contributed by atoms with E-state index in [2.05, 4.69) is 20.4 Å². The van der Waals surface area contributed by atoms with E-state index in [9.17, 15) is 8.42 Å². The summed E-state index contributed by atoms with van der Waals surface area (Å²) in [7, 11) is -3.54. The Morgan fingerprint density at radius 1 is 0.882 bits per heavy atom. The molecule has 2 saturated heterocycles. The Morgan fingerprint density at radius 3 is 2.26 bits per heavy atom. The van der Waals surface area contributed by atoms with Crippen LogP contribution in [0.25, 0.3) is 11.1 Å². The summed E-state index contributed by atoms with van der Waals surface area (Å²) in [6.07, 6.45) is 2.42. The number of rotatable bonds is 7. The fourth-order valence-electron chi connectivity index (χ4n) is 4.37. The molecule has 2 fully saturated rings. The van der Waals surface area contributed by atoms with Gasteiger partial charge in [0.05, 0.1) is 11.0 Å². The van der Waals surface area contributed by atoms with Crippen LogP contribution in [0.4, 0.5) is 11.6 Å². The number of benzene rings is 2. The maximum absolute atomic E-state index is 13.2. The maximum atomic E-state index is 13.2. The van der Waals surface area contributed by atoms with Crippen LogP contribution in [0.5, 0.6) is 0 Å². The summed E-state index contributed by atoms with van der Waals surface area (Å²) in [4.78, 5) is 2.39. The number of nitrogens with one attached hydrogen (secondary N) is 1. The molecule has 1 aromatic heterocycles. The van der Waals surface area contributed by atoms with E-state index >= 15 is 0 Å². The average Bonchev–Trinajstić information content (AvgIpc) is 3.42. The third-order valence-corrected chi connectivity index (χ3v) is 8.26. The van der Waals surface area contributed by atoms with Crippen molar-refractivity contribution in [1.82, 2.24) is 14.5 Å². The van der Waals surface area contributed by atoms with Crippen LogP contribution >= 0.6 is 0 Å². The zero-order chi connectivity index (χ0) is 23.4. The molecule has 1 atom stereocenters. The normalized spacial score (nSPS) is 19.3. The molecule has 5 rings (SSSR count). The van der Waals surface area contributed by atoms with Crippen LogP contribution in [0.2, 0.25) is 0 Å². The first kappa shape index (κ1) is 22.8. The van der Waals surface area contributed by atoms with Crippen LogP contribution < -0.4 is 10.2 Å². The molecule has 2 aliphatic rings. The van der Waals surface area contributed by atoms with Crippen molar-refractivity contribution in [2.75, 3.05) is 49.5 Å². The van der Waals surface area contributed by atoms with Crippen molar-refractivity contribution in [2.24, 2.45) is 0 Å². The molecule has 0 bridgehead atoms. The fourth-order valence-corrected chi connectivity index (χ4v) is 5.79. The van der Waals surface area contributed by atoms with E-state index in [1.807, 2.05) is 54.6 Å². The lowest BCUT2D eigenvalue weighted by atomic mass is 10.1. The van der Waals surface area contributed by atoms with Gasteiger partial charge in [-0.1, -0.05) is 42.5 Å². The first-order valence-corrected chi connectivity index (χ1v) is 13.1. The Labute approximate surface area is 200 Å². The number of hydrogen-bond acceptors (Lipinski definition) is 7. The molecule has 0 unspecified atom stereocenters. The van der Waals surface area contributed by atoms with Gasteiger partial charge >= 0.3 is 0 Å². The number of sulfonamides is 1. The number of anilines is 2. The monoisotopic (exact) mass is 479 g/mol. The molecule has 0 radical (unpaired) electrons. The molecule has 0 aliphatic carbocycles. The summed E-state index contributed by atoms with van der Waals surface area (Å²) < 4.78 is 33.5. The third-order valence-electron chi connectivity index (χ3n) is 6.35. The highest BCUT2D eigenvalue weighted by Crippen LogP contribution is 2.24. The second-order valence-corrected chi connectivity index (χ2v) is 10.5. The van der Waals surface area contributed by atoms with E-state index in [0.29, 0.717) is 31.1 Å². The number of hydrogen-bond donors (Lipinski definition) is 1. The molecule has 0 spiro atoms. The van der Waals surface area contributed by atoms with E-state index in [-0.39, 0.29) is 6.10 Å². The first-order chi connectivity index (χ1) is 16.6. The molecule has 34 heavy (non-hydrogen) atoms. The van der Waals surface area contributed by atoms with Crippen LogP contribution in [0.15, 0.2) is 71.6 Å². The number of ether oxygens (including phenoxy) is 1. The Kier molecular flexibility index (Phi) is 6.75. The van der Waals surface area contributed by atoms with Crippen molar-refractivity contribution in [2.45, 2.75) is 23.8 Å². The van der Waals surface area contributed by atoms with Gasteiger partial charge in [-0.05, 0) is 48.2 Å². The van der Waals surface area contributed by atoms with Gasteiger partial charge in [0.25, 0.3) is 0 Å². The molecular weight excluding hydrogens is 450 g/mol. The maximum Gasteiger partial charge on any atom is 0.243 e. The number of nitrogens with zero attached hydrogens (tertiary/aromatic N) is 4. The molecular formula is C25H29N5O3S. The van der Waals surface area contributed by atoms with Gasteiger partial charge < -0.3 is 15.0 Å². The van der Waals surface area contributed by atoms with Crippen molar-refractivity contribution in [1.29, 1.82) is 0 Å². The highest BCUT2D eigenvalue weighted by atomic mass is 32.2. The van der Waals surface area contributed by atoms with Crippen molar-refractivity contribution in [3.8, 4) is 11.1 Å². The first-order valence-electron chi connectivity index (χ1n) is 11.7. The van der Waals surface area contributed by atoms with Crippen molar-refractivity contribution < 1.29 is 13.2 Å². The zero-order valence-electron chi connectivity index (χ0n) is 19.0. The van der Waals surface area contributed by atoms with Crippen molar-refractivity contribution in [3.05, 3.63) is 66.7 Å². The minimum Gasteiger partial charge on any atom is -0.376 e.